The van der Waals surface area contributed by atoms with Crippen LogP contribution in [0.3, 0.4) is 0 Å². The van der Waals surface area contributed by atoms with E-state index in [1.54, 1.807) is 23.1 Å². The van der Waals surface area contributed by atoms with E-state index in [2.05, 4.69) is 6.58 Å². The van der Waals surface area contributed by atoms with Crippen LogP contribution in [0.1, 0.15) is 39.1 Å². The van der Waals surface area contributed by atoms with E-state index in [1.807, 2.05) is 0 Å². The van der Waals surface area contributed by atoms with E-state index < -0.39 is 23.3 Å². The van der Waals surface area contributed by atoms with Crippen LogP contribution in [0.25, 0.3) is 0 Å². The van der Waals surface area contributed by atoms with Crippen molar-refractivity contribution in [3.8, 4) is 11.5 Å². The summed E-state index contributed by atoms with van der Waals surface area (Å²) in [6, 6.07) is 6.26. The molecule has 0 bridgehead atoms. The molecule has 2 aromatic rings. The predicted molar refractivity (Wildman–Crippen MR) is 113 cm³/mol. The number of likely N-dealkylation sites (tertiary alicyclic amines) is 1. The Bertz CT molecular complexity index is 997. The molecule has 0 radical (unpaired) electrons. The predicted octanol–water partition coefficient (Wildman–Crippen LogP) is 4.45. The van der Waals surface area contributed by atoms with E-state index >= 15 is 0 Å². The minimum Gasteiger partial charge on any atom is -0.493 e. The van der Waals surface area contributed by atoms with E-state index in [1.165, 1.54) is 14.2 Å². The van der Waals surface area contributed by atoms with Crippen LogP contribution in [0, 0.1) is 17.6 Å². The van der Waals surface area contributed by atoms with Crippen LogP contribution in [0.4, 0.5) is 8.78 Å². The highest BCUT2D eigenvalue weighted by atomic mass is 19.1. The summed E-state index contributed by atoms with van der Waals surface area (Å²) in [5, 5.41) is 0. The van der Waals surface area contributed by atoms with Crippen molar-refractivity contribution in [1.82, 2.24) is 4.90 Å². The second-order valence-corrected chi connectivity index (χ2v) is 7.42. The molecular formula is C24H25F2NO4. The second kappa shape index (κ2) is 9.73. The van der Waals surface area contributed by atoms with Crippen LogP contribution in [0.5, 0.6) is 11.5 Å². The zero-order chi connectivity index (χ0) is 22.5. The van der Waals surface area contributed by atoms with Gasteiger partial charge in [-0.25, -0.2) is 8.78 Å². The van der Waals surface area contributed by atoms with E-state index in [9.17, 15) is 18.4 Å². The molecule has 31 heavy (non-hydrogen) atoms. The SMILES string of the molecule is C=CCc1cc(C(=O)N2CCC(C(=O)c3cc(F)ccc3F)CC2)cc(OC)c1OC. The van der Waals surface area contributed by atoms with Gasteiger partial charge in [0.25, 0.3) is 5.91 Å². The quantitative estimate of drug-likeness (QED) is 0.482. The average molecular weight is 429 g/mol. The van der Waals surface area contributed by atoms with Crippen molar-refractivity contribution < 1.29 is 27.8 Å². The molecule has 1 heterocycles. The fourth-order valence-corrected chi connectivity index (χ4v) is 3.91. The number of nitrogens with zero attached hydrogens (tertiary/aromatic N) is 1. The maximum Gasteiger partial charge on any atom is 0.254 e. The number of ether oxygens (including phenoxy) is 2. The highest BCUT2D eigenvalue weighted by Gasteiger charge is 2.30. The number of hydrogen-bond donors (Lipinski definition) is 0. The number of rotatable bonds is 7. The molecule has 0 aromatic heterocycles. The zero-order valence-corrected chi connectivity index (χ0v) is 17.6. The molecule has 2 aromatic carbocycles. The number of benzene rings is 2. The Morgan fingerprint density at radius 3 is 2.45 bits per heavy atom. The molecule has 1 aliphatic rings. The van der Waals surface area contributed by atoms with Crippen LogP contribution >= 0.6 is 0 Å². The molecule has 0 unspecified atom stereocenters. The molecule has 0 saturated carbocycles. The summed E-state index contributed by atoms with van der Waals surface area (Å²) in [7, 11) is 3.04. The monoisotopic (exact) mass is 429 g/mol. The number of halogens is 2. The van der Waals surface area contributed by atoms with Crippen LogP contribution in [-0.4, -0.2) is 43.9 Å². The van der Waals surface area contributed by atoms with E-state index in [0.717, 1.165) is 23.8 Å². The Labute approximate surface area is 180 Å². The molecule has 3 rings (SSSR count). The number of piperidine rings is 1. The third-order valence-electron chi connectivity index (χ3n) is 5.51. The second-order valence-electron chi connectivity index (χ2n) is 7.42. The molecule has 7 heteroatoms. The van der Waals surface area contributed by atoms with Gasteiger partial charge in [0.15, 0.2) is 17.3 Å². The molecular weight excluding hydrogens is 404 g/mol. The van der Waals surface area contributed by atoms with Crippen molar-refractivity contribution in [3.63, 3.8) is 0 Å². The van der Waals surface area contributed by atoms with Crippen molar-refractivity contribution in [2.24, 2.45) is 5.92 Å². The number of Topliss-reactive ketones (excluding diaryl/α,β-unsaturated/α-hetero) is 1. The van der Waals surface area contributed by atoms with Gasteiger partial charge in [-0.3, -0.25) is 9.59 Å². The molecule has 0 aliphatic carbocycles. The smallest absolute Gasteiger partial charge is 0.254 e. The molecule has 1 fully saturated rings. The lowest BCUT2D eigenvalue weighted by atomic mass is 9.88. The van der Waals surface area contributed by atoms with Gasteiger partial charge in [0.05, 0.1) is 19.8 Å². The van der Waals surface area contributed by atoms with Gasteiger partial charge in [-0.2, -0.15) is 0 Å². The highest BCUT2D eigenvalue weighted by Crippen LogP contribution is 2.34. The lowest BCUT2D eigenvalue weighted by Crippen LogP contribution is -2.40. The molecule has 164 valence electrons. The zero-order valence-electron chi connectivity index (χ0n) is 17.6. The van der Waals surface area contributed by atoms with Gasteiger partial charge in [-0.15, -0.1) is 6.58 Å². The van der Waals surface area contributed by atoms with Gasteiger partial charge in [-0.1, -0.05) is 6.08 Å². The topological polar surface area (TPSA) is 55.8 Å². The molecule has 1 saturated heterocycles. The minimum absolute atomic E-state index is 0.186. The summed E-state index contributed by atoms with van der Waals surface area (Å²) in [5.41, 5.74) is 1.00. The summed E-state index contributed by atoms with van der Waals surface area (Å²) in [4.78, 5) is 27.4. The highest BCUT2D eigenvalue weighted by molar-refractivity contribution is 5.99. The van der Waals surface area contributed by atoms with E-state index in [-0.39, 0.29) is 11.5 Å². The lowest BCUT2D eigenvalue weighted by Gasteiger charge is -2.31. The maximum absolute atomic E-state index is 14.0. The number of carbonyl (C=O) groups is 2. The van der Waals surface area contributed by atoms with Gasteiger partial charge in [0.2, 0.25) is 0 Å². The largest absolute Gasteiger partial charge is 0.493 e. The van der Waals surface area contributed by atoms with Gasteiger partial charge in [0, 0.05) is 30.1 Å². The molecule has 1 amide bonds. The first-order valence-electron chi connectivity index (χ1n) is 10.0. The van der Waals surface area contributed by atoms with Gasteiger partial charge < -0.3 is 14.4 Å². The minimum atomic E-state index is -0.731. The van der Waals surface area contributed by atoms with Crippen molar-refractivity contribution in [1.29, 1.82) is 0 Å². The van der Waals surface area contributed by atoms with Gasteiger partial charge in [-0.05, 0) is 49.6 Å². The standard InChI is InChI=1S/C24H25F2NO4/c1-4-5-16-12-17(13-21(30-2)23(16)31-3)24(29)27-10-8-15(9-11-27)22(28)19-14-18(25)6-7-20(19)26/h4,6-7,12-15H,1,5,8-11H2,2-3H3. The molecule has 0 atom stereocenters. The number of amides is 1. The molecule has 0 N–H and O–H groups in total. The Morgan fingerprint density at radius 1 is 1.13 bits per heavy atom. The third-order valence-corrected chi connectivity index (χ3v) is 5.51. The summed E-state index contributed by atoms with van der Waals surface area (Å²) in [6.45, 7) is 4.43. The van der Waals surface area contributed by atoms with Gasteiger partial charge in [0.1, 0.15) is 11.6 Å². The number of allylic oxidation sites excluding steroid dienone is 1. The van der Waals surface area contributed by atoms with Crippen LogP contribution in [0.15, 0.2) is 43.0 Å². The summed E-state index contributed by atoms with van der Waals surface area (Å²) >= 11 is 0. The van der Waals surface area contributed by atoms with E-state index in [0.29, 0.717) is 49.4 Å². The van der Waals surface area contributed by atoms with Gasteiger partial charge >= 0.3 is 0 Å². The molecule has 1 aliphatic heterocycles. The van der Waals surface area contributed by atoms with Crippen molar-refractivity contribution in [3.05, 3.63) is 71.3 Å². The van der Waals surface area contributed by atoms with Crippen LogP contribution < -0.4 is 9.47 Å². The number of carbonyl (C=O) groups excluding carboxylic acids is 2. The average Bonchev–Trinajstić information content (AvgIpc) is 2.79. The third kappa shape index (κ3) is 4.76. The molecule has 5 nitrogen and oxygen atoms in total. The summed E-state index contributed by atoms with van der Waals surface area (Å²) in [6.07, 6.45) is 2.99. The summed E-state index contributed by atoms with van der Waals surface area (Å²) < 4.78 is 38.2. The lowest BCUT2D eigenvalue weighted by molar-refractivity contribution is 0.0648. The van der Waals surface area contributed by atoms with Crippen LogP contribution in [0.2, 0.25) is 0 Å². The Hall–Kier alpha value is -3.22. The summed E-state index contributed by atoms with van der Waals surface area (Å²) in [5.74, 6) is -1.44. The van der Waals surface area contributed by atoms with Crippen LogP contribution in [-0.2, 0) is 6.42 Å². The van der Waals surface area contributed by atoms with Crippen molar-refractivity contribution in [2.45, 2.75) is 19.3 Å². The normalized spacial score (nSPS) is 14.3. The number of ketones is 1. The Balaban J connectivity index is 1.74. The fraction of sp³-hybridized carbons (Fsp3) is 0.333. The number of hydrogen-bond acceptors (Lipinski definition) is 4. The van der Waals surface area contributed by atoms with Crippen molar-refractivity contribution in [2.75, 3.05) is 27.3 Å². The van der Waals surface area contributed by atoms with Crippen molar-refractivity contribution >= 4 is 11.7 Å². The first kappa shape index (κ1) is 22.5. The maximum atomic E-state index is 14.0. The fourth-order valence-electron chi connectivity index (χ4n) is 3.91. The first-order valence-corrected chi connectivity index (χ1v) is 10.0. The Morgan fingerprint density at radius 2 is 1.84 bits per heavy atom. The van der Waals surface area contributed by atoms with E-state index in [4.69, 9.17) is 9.47 Å². The molecule has 0 spiro atoms. The number of methoxy groups -OCH3 is 2. The Kier molecular flexibility index (Phi) is 7.05. The first-order chi connectivity index (χ1) is 14.9.